The maximum Gasteiger partial charge on any atom is 0.240 e. The molecule has 0 radical (unpaired) electrons. The van der Waals surface area contributed by atoms with Crippen LogP contribution >= 0.6 is 0 Å². The topological polar surface area (TPSA) is 66.5 Å². The van der Waals surface area contributed by atoms with Crippen LogP contribution in [-0.4, -0.2) is 29.2 Å². The molecule has 3 amide bonds. The Morgan fingerprint density at radius 3 is 2.23 bits per heavy atom. The minimum absolute atomic E-state index is 0.183. The van der Waals surface area contributed by atoms with Crippen LogP contribution in [0.15, 0.2) is 42.5 Å². The molecule has 1 heterocycles. The fraction of sp³-hybridized carbons (Fsp3) is 0.353. The molecule has 0 spiro atoms. The van der Waals surface area contributed by atoms with Crippen LogP contribution in [0.4, 0.5) is 0 Å². The highest BCUT2D eigenvalue weighted by molar-refractivity contribution is 6.07. The summed E-state index contributed by atoms with van der Waals surface area (Å²) in [6.45, 7) is 0.210. The fourth-order valence-electron chi connectivity index (χ4n) is 3.02. The van der Waals surface area contributed by atoms with E-state index >= 15 is 0 Å². The van der Waals surface area contributed by atoms with Crippen molar-refractivity contribution in [2.75, 3.05) is 6.54 Å². The lowest BCUT2D eigenvalue weighted by molar-refractivity contribution is -0.143. The summed E-state index contributed by atoms with van der Waals surface area (Å²) in [6, 6.07) is 9.52. The van der Waals surface area contributed by atoms with Crippen molar-refractivity contribution in [1.29, 1.82) is 0 Å². The van der Waals surface area contributed by atoms with Crippen LogP contribution in [0, 0.1) is 11.8 Å². The second kappa shape index (κ2) is 6.13. The minimum Gasteiger partial charge on any atom is -0.350 e. The third-order valence-corrected chi connectivity index (χ3v) is 4.23. The van der Waals surface area contributed by atoms with Crippen molar-refractivity contribution in [3.05, 3.63) is 48.0 Å². The SMILES string of the molecule is O=C(CN1C(=O)[C@@H]2CC=CC[C@H]2C1=O)NCc1ccccc1. The molecule has 1 aliphatic carbocycles. The van der Waals surface area contributed by atoms with E-state index in [1.807, 2.05) is 42.5 Å². The Balaban J connectivity index is 1.57. The molecular formula is C17H18N2O3. The van der Waals surface area contributed by atoms with Gasteiger partial charge in [0.2, 0.25) is 17.7 Å². The molecule has 5 nitrogen and oxygen atoms in total. The molecule has 0 saturated carbocycles. The molecular weight excluding hydrogens is 280 g/mol. The summed E-state index contributed by atoms with van der Waals surface area (Å²) in [5.41, 5.74) is 0.979. The first kappa shape index (κ1) is 14.5. The molecule has 0 bridgehead atoms. The molecule has 1 saturated heterocycles. The predicted octanol–water partition coefficient (Wildman–Crippen LogP) is 1.25. The van der Waals surface area contributed by atoms with E-state index in [9.17, 15) is 14.4 Å². The van der Waals surface area contributed by atoms with Gasteiger partial charge in [-0.25, -0.2) is 0 Å². The molecule has 22 heavy (non-hydrogen) atoms. The first-order valence-corrected chi connectivity index (χ1v) is 7.47. The summed E-state index contributed by atoms with van der Waals surface area (Å²) >= 11 is 0. The zero-order chi connectivity index (χ0) is 15.5. The molecule has 1 N–H and O–H groups in total. The number of carbonyl (C=O) groups is 3. The van der Waals surface area contributed by atoms with Crippen LogP contribution in [0.25, 0.3) is 0 Å². The second-order valence-corrected chi connectivity index (χ2v) is 5.68. The van der Waals surface area contributed by atoms with Gasteiger partial charge in [0.05, 0.1) is 11.8 Å². The van der Waals surface area contributed by atoms with Gasteiger partial charge < -0.3 is 5.32 Å². The number of hydrogen-bond donors (Lipinski definition) is 1. The van der Waals surface area contributed by atoms with E-state index in [1.165, 1.54) is 0 Å². The van der Waals surface area contributed by atoms with Crippen molar-refractivity contribution >= 4 is 17.7 Å². The van der Waals surface area contributed by atoms with Gasteiger partial charge in [0.25, 0.3) is 0 Å². The quantitative estimate of drug-likeness (QED) is 0.672. The summed E-state index contributed by atoms with van der Waals surface area (Å²) in [6.07, 6.45) is 5.06. The van der Waals surface area contributed by atoms with Crippen molar-refractivity contribution < 1.29 is 14.4 Å². The highest BCUT2D eigenvalue weighted by atomic mass is 16.2. The molecule has 1 aromatic carbocycles. The zero-order valence-corrected chi connectivity index (χ0v) is 12.2. The highest BCUT2D eigenvalue weighted by Gasteiger charge is 2.47. The van der Waals surface area contributed by atoms with Crippen molar-refractivity contribution in [2.24, 2.45) is 11.8 Å². The smallest absolute Gasteiger partial charge is 0.240 e. The first-order chi connectivity index (χ1) is 10.7. The number of carbonyl (C=O) groups excluding carboxylic acids is 3. The number of rotatable bonds is 4. The molecule has 2 atom stereocenters. The van der Waals surface area contributed by atoms with Crippen LogP contribution in [0.5, 0.6) is 0 Å². The van der Waals surface area contributed by atoms with Crippen molar-refractivity contribution in [1.82, 2.24) is 10.2 Å². The maximum atomic E-state index is 12.3. The second-order valence-electron chi connectivity index (χ2n) is 5.68. The number of benzene rings is 1. The van der Waals surface area contributed by atoms with Crippen LogP contribution in [0.1, 0.15) is 18.4 Å². The normalized spacial score (nSPS) is 23.5. The van der Waals surface area contributed by atoms with Gasteiger partial charge in [0, 0.05) is 6.54 Å². The summed E-state index contributed by atoms with van der Waals surface area (Å²) in [5.74, 6) is -1.29. The Morgan fingerprint density at radius 1 is 1.05 bits per heavy atom. The molecule has 0 unspecified atom stereocenters. The third-order valence-electron chi connectivity index (χ3n) is 4.23. The lowest BCUT2D eigenvalue weighted by Gasteiger charge is -2.14. The van der Waals surface area contributed by atoms with Crippen LogP contribution in [0.2, 0.25) is 0 Å². The van der Waals surface area contributed by atoms with Gasteiger partial charge in [0.15, 0.2) is 0 Å². The van der Waals surface area contributed by atoms with Gasteiger partial charge in [-0.15, -0.1) is 0 Å². The van der Waals surface area contributed by atoms with E-state index < -0.39 is 0 Å². The molecule has 5 heteroatoms. The molecule has 114 valence electrons. The number of allylic oxidation sites excluding steroid dienone is 2. The molecule has 0 aromatic heterocycles. The first-order valence-electron chi connectivity index (χ1n) is 7.47. The number of imide groups is 1. The number of nitrogens with zero attached hydrogens (tertiary/aromatic N) is 1. The van der Waals surface area contributed by atoms with Crippen LogP contribution in [0.3, 0.4) is 0 Å². The van der Waals surface area contributed by atoms with Gasteiger partial charge in [-0.05, 0) is 18.4 Å². The van der Waals surface area contributed by atoms with Gasteiger partial charge in [-0.3, -0.25) is 19.3 Å². The Kier molecular flexibility index (Phi) is 4.04. The molecule has 1 aliphatic heterocycles. The van der Waals surface area contributed by atoms with Crippen LogP contribution in [-0.2, 0) is 20.9 Å². The number of hydrogen-bond acceptors (Lipinski definition) is 3. The largest absolute Gasteiger partial charge is 0.350 e. The predicted molar refractivity (Wildman–Crippen MR) is 80.4 cm³/mol. The minimum atomic E-state index is -0.308. The summed E-state index contributed by atoms with van der Waals surface area (Å²) < 4.78 is 0. The average molecular weight is 298 g/mol. The van der Waals surface area contributed by atoms with E-state index in [1.54, 1.807) is 0 Å². The fourth-order valence-corrected chi connectivity index (χ4v) is 3.02. The van der Waals surface area contributed by atoms with Crippen molar-refractivity contribution in [3.63, 3.8) is 0 Å². The Bertz CT molecular complexity index is 598. The van der Waals surface area contributed by atoms with E-state index in [4.69, 9.17) is 0 Å². The van der Waals surface area contributed by atoms with E-state index in [0.717, 1.165) is 10.5 Å². The highest BCUT2D eigenvalue weighted by Crippen LogP contribution is 2.34. The van der Waals surface area contributed by atoms with E-state index in [0.29, 0.717) is 19.4 Å². The molecule has 2 aliphatic rings. The lowest BCUT2D eigenvalue weighted by Crippen LogP contribution is -2.40. The van der Waals surface area contributed by atoms with E-state index in [-0.39, 0.29) is 36.1 Å². The van der Waals surface area contributed by atoms with Gasteiger partial charge in [-0.2, -0.15) is 0 Å². The summed E-state index contributed by atoms with van der Waals surface area (Å²) in [5, 5.41) is 2.75. The third kappa shape index (κ3) is 2.79. The average Bonchev–Trinajstić information content (AvgIpc) is 2.79. The zero-order valence-electron chi connectivity index (χ0n) is 12.2. The number of nitrogens with one attached hydrogen (secondary N) is 1. The Labute approximate surface area is 129 Å². The van der Waals surface area contributed by atoms with E-state index in [2.05, 4.69) is 5.32 Å². The maximum absolute atomic E-state index is 12.3. The number of amides is 3. The molecule has 1 aromatic rings. The summed E-state index contributed by atoms with van der Waals surface area (Å²) in [7, 11) is 0. The lowest BCUT2D eigenvalue weighted by atomic mass is 9.85. The summed E-state index contributed by atoms with van der Waals surface area (Å²) in [4.78, 5) is 37.6. The monoisotopic (exact) mass is 298 g/mol. The molecule has 1 fully saturated rings. The van der Waals surface area contributed by atoms with Gasteiger partial charge >= 0.3 is 0 Å². The molecule has 3 rings (SSSR count). The van der Waals surface area contributed by atoms with Crippen molar-refractivity contribution in [2.45, 2.75) is 19.4 Å². The van der Waals surface area contributed by atoms with Gasteiger partial charge in [0.1, 0.15) is 6.54 Å². The standard InChI is InChI=1S/C17H18N2O3/c20-15(18-10-12-6-2-1-3-7-12)11-19-16(21)13-8-4-5-9-14(13)17(19)22/h1-7,13-14H,8-11H2,(H,18,20)/t13-,14-/m1/s1. The Hall–Kier alpha value is -2.43. The van der Waals surface area contributed by atoms with Crippen molar-refractivity contribution in [3.8, 4) is 0 Å². The Morgan fingerprint density at radius 2 is 1.64 bits per heavy atom. The van der Waals surface area contributed by atoms with Gasteiger partial charge in [-0.1, -0.05) is 42.5 Å². The number of likely N-dealkylation sites (tertiary alicyclic amines) is 1. The van der Waals surface area contributed by atoms with Crippen LogP contribution < -0.4 is 5.32 Å². The number of fused-ring (bicyclic) bond motifs is 1.